The number of rotatable bonds is 40. The summed E-state index contributed by atoms with van der Waals surface area (Å²) in [5.74, 6) is -1.05. The molecule has 6 N–H and O–H groups in total. The maximum atomic E-state index is 12.8. The van der Waals surface area contributed by atoms with Crippen LogP contribution in [0.25, 0.3) is 0 Å². The van der Waals surface area contributed by atoms with Gasteiger partial charge in [0.1, 0.15) is 43.2 Å². The summed E-state index contributed by atoms with van der Waals surface area (Å²) in [6, 6.07) is 0. The first-order valence-electron chi connectivity index (χ1n) is 24.4. The van der Waals surface area contributed by atoms with E-state index in [1.807, 2.05) is 36.5 Å². The van der Waals surface area contributed by atoms with Crippen LogP contribution in [-0.2, 0) is 37.5 Å². The van der Waals surface area contributed by atoms with E-state index in [0.717, 1.165) is 57.8 Å². The molecule has 0 heterocycles. The van der Waals surface area contributed by atoms with Crippen molar-refractivity contribution in [2.24, 2.45) is 0 Å². The number of aliphatic hydroxyl groups is 5. The molecule has 0 saturated heterocycles. The van der Waals surface area contributed by atoms with Gasteiger partial charge >= 0.3 is 19.8 Å². The standard InChI is InChI=1S/C49H85O14P/c1-3-5-7-8-9-10-11-12-13-14-15-16-19-23-26-29-33-37-43(52)62-41(39-61-64(58,59)63-49-47(56)45(54)44(53)46(55)48(49)57)38-60-42(51)36-32-28-25-22-20-17-18-21-24-27-31-35-40(50)34-30-6-4-2/h17-18,22,24-25,27,31,35,41,44-49,53-57H,3-16,19-21,23,26,28-30,32-34,36-39H2,1-2H3,(H,58,59)/b18-17-,25-22-,27-24-,35-31+/t41-,44?,45-,46+,47-,48-,49?/m1/s1. The lowest BCUT2D eigenvalue weighted by Gasteiger charge is -2.41. The monoisotopic (exact) mass is 929 g/mol. The van der Waals surface area contributed by atoms with Crippen LogP contribution in [0.3, 0.4) is 0 Å². The molecule has 0 aromatic heterocycles. The molecule has 1 rings (SSSR count). The number of carbonyl (C=O) groups excluding carboxylic acids is 3. The van der Waals surface area contributed by atoms with Crippen LogP contribution in [0.4, 0.5) is 0 Å². The SMILES string of the molecule is CCCCCCCCCCCCCCCCCCCC(=O)O[C@H](COC(=O)CCC/C=C\C/C=C\C/C=C\C=C\C(=O)CCCCC)COP(=O)(O)OC1[C@H](O)[C@H](O)C(O)[C@H](O)[C@H]1O. The average molecular weight is 929 g/mol. The summed E-state index contributed by atoms with van der Waals surface area (Å²) in [5.41, 5.74) is 0. The van der Waals surface area contributed by atoms with Gasteiger partial charge in [0.25, 0.3) is 0 Å². The number of unbranched alkanes of at least 4 members (excludes halogenated alkanes) is 19. The van der Waals surface area contributed by atoms with E-state index in [1.54, 1.807) is 12.2 Å². The quantitative estimate of drug-likeness (QED) is 0.00842. The van der Waals surface area contributed by atoms with Crippen LogP contribution in [0.5, 0.6) is 0 Å². The van der Waals surface area contributed by atoms with Crippen LogP contribution in [0, 0.1) is 0 Å². The minimum Gasteiger partial charge on any atom is -0.462 e. The van der Waals surface area contributed by atoms with E-state index in [9.17, 15) is 49.4 Å². The molecule has 370 valence electrons. The predicted molar refractivity (Wildman–Crippen MR) is 249 cm³/mol. The molecule has 8 atom stereocenters. The van der Waals surface area contributed by atoms with Gasteiger partial charge in [-0.2, -0.15) is 0 Å². The van der Waals surface area contributed by atoms with E-state index < -0.39 is 75.7 Å². The van der Waals surface area contributed by atoms with Gasteiger partial charge in [-0.15, -0.1) is 0 Å². The molecule has 0 aliphatic heterocycles. The third-order valence-corrected chi connectivity index (χ3v) is 12.1. The van der Waals surface area contributed by atoms with Gasteiger partial charge < -0.3 is 39.9 Å². The summed E-state index contributed by atoms with van der Waals surface area (Å²) in [6.07, 6.45) is 28.6. The molecule has 0 aromatic carbocycles. The number of hydrogen-bond donors (Lipinski definition) is 6. The molecule has 0 amide bonds. The van der Waals surface area contributed by atoms with Gasteiger partial charge in [-0.3, -0.25) is 23.4 Å². The van der Waals surface area contributed by atoms with Gasteiger partial charge in [0.15, 0.2) is 11.9 Å². The Hall–Kier alpha value is -2.52. The highest BCUT2D eigenvalue weighted by molar-refractivity contribution is 7.47. The van der Waals surface area contributed by atoms with Gasteiger partial charge in [-0.05, 0) is 44.6 Å². The van der Waals surface area contributed by atoms with Gasteiger partial charge in [0.05, 0.1) is 6.61 Å². The van der Waals surface area contributed by atoms with Gasteiger partial charge in [-0.1, -0.05) is 172 Å². The van der Waals surface area contributed by atoms with Crippen molar-refractivity contribution < 1.29 is 67.9 Å². The number of ether oxygens (including phenoxy) is 2. The van der Waals surface area contributed by atoms with Crippen LogP contribution in [0.1, 0.15) is 187 Å². The Labute approximate surface area is 384 Å². The molecule has 1 aliphatic carbocycles. The Kier molecular flexibility index (Phi) is 35.9. The van der Waals surface area contributed by atoms with Crippen molar-refractivity contribution in [1.82, 2.24) is 0 Å². The molecular weight excluding hydrogens is 843 g/mol. The molecule has 1 aliphatic rings. The van der Waals surface area contributed by atoms with E-state index in [0.29, 0.717) is 25.7 Å². The van der Waals surface area contributed by atoms with Gasteiger partial charge in [0, 0.05) is 19.3 Å². The molecular formula is C49H85O14P. The first kappa shape index (κ1) is 59.5. The molecule has 15 heteroatoms. The van der Waals surface area contributed by atoms with E-state index in [-0.39, 0.29) is 18.6 Å². The van der Waals surface area contributed by atoms with Crippen LogP contribution in [0.15, 0.2) is 48.6 Å². The second kappa shape index (κ2) is 38.6. The smallest absolute Gasteiger partial charge is 0.462 e. The molecule has 1 saturated carbocycles. The number of esters is 2. The van der Waals surface area contributed by atoms with Crippen LogP contribution in [-0.4, -0.2) is 104 Å². The topological polar surface area (TPSA) is 227 Å². The fourth-order valence-electron chi connectivity index (χ4n) is 7.18. The van der Waals surface area contributed by atoms with Crippen LogP contribution in [0.2, 0.25) is 0 Å². The zero-order valence-corrected chi connectivity index (χ0v) is 40.0. The summed E-state index contributed by atoms with van der Waals surface area (Å²) in [5, 5.41) is 50.2. The number of carbonyl (C=O) groups is 3. The number of ketones is 1. The second-order valence-electron chi connectivity index (χ2n) is 17.0. The highest BCUT2D eigenvalue weighted by atomic mass is 31.2. The third kappa shape index (κ3) is 30.6. The molecule has 0 radical (unpaired) electrons. The van der Waals surface area contributed by atoms with E-state index in [2.05, 4.69) is 13.8 Å². The molecule has 0 aromatic rings. The summed E-state index contributed by atoms with van der Waals surface area (Å²) in [7, 11) is -5.14. The lowest BCUT2D eigenvalue weighted by molar-refractivity contribution is -0.220. The lowest BCUT2D eigenvalue weighted by Crippen LogP contribution is -2.64. The molecule has 64 heavy (non-hydrogen) atoms. The van der Waals surface area contributed by atoms with Crippen molar-refractivity contribution in [3.05, 3.63) is 48.6 Å². The fourth-order valence-corrected chi connectivity index (χ4v) is 8.15. The van der Waals surface area contributed by atoms with Gasteiger partial charge in [-0.25, -0.2) is 4.57 Å². The van der Waals surface area contributed by atoms with Crippen molar-refractivity contribution >= 4 is 25.5 Å². The Balaban J connectivity index is 2.49. The van der Waals surface area contributed by atoms with Crippen molar-refractivity contribution in [3.8, 4) is 0 Å². The van der Waals surface area contributed by atoms with E-state index in [1.165, 1.54) is 77.0 Å². The van der Waals surface area contributed by atoms with Crippen LogP contribution < -0.4 is 0 Å². The predicted octanol–water partition coefficient (Wildman–Crippen LogP) is 9.13. The number of aliphatic hydroxyl groups excluding tert-OH is 5. The number of hydrogen-bond acceptors (Lipinski definition) is 13. The summed E-state index contributed by atoms with van der Waals surface area (Å²) >= 11 is 0. The van der Waals surface area contributed by atoms with Gasteiger partial charge in [0.2, 0.25) is 0 Å². The number of phosphoric acid groups is 1. The summed E-state index contributed by atoms with van der Waals surface area (Å²) in [6.45, 7) is 3.10. The van der Waals surface area contributed by atoms with Crippen LogP contribution >= 0.6 is 7.82 Å². The largest absolute Gasteiger partial charge is 0.472 e. The number of allylic oxidation sites excluding steroid dienone is 8. The van der Waals surface area contributed by atoms with Crippen molar-refractivity contribution in [3.63, 3.8) is 0 Å². The van der Waals surface area contributed by atoms with Crippen molar-refractivity contribution in [2.75, 3.05) is 13.2 Å². The Morgan fingerprint density at radius 3 is 1.55 bits per heavy atom. The Morgan fingerprint density at radius 2 is 0.984 bits per heavy atom. The molecule has 0 spiro atoms. The zero-order valence-electron chi connectivity index (χ0n) is 39.1. The van der Waals surface area contributed by atoms with Crippen molar-refractivity contribution in [2.45, 2.75) is 230 Å². The average Bonchev–Trinajstić information content (AvgIpc) is 3.27. The van der Waals surface area contributed by atoms with E-state index in [4.69, 9.17) is 18.5 Å². The fraction of sp³-hybridized carbons (Fsp3) is 0.776. The highest BCUT2D eigenvalue weighted by Gasteiger charge is 2.51. The maximum absolute atomic E-state index is 12.8. The minimum absolute atomic E-state index is 0.0654. The van der Waals surface area contributed by atoms with Crippen molar-refractivity contribution in [1.29, 1.82) is 0 Å². The first-order chi connectivity index (χ1) is 30.8. The zero-order chi connectivity index (χ0) is 47.3. The molecule has 1 fully saturated rings. The van der Waals surface area contributed by atoms with E-state index >= 15 is 0 Å². The molecule has 3 unspecified atom stereocenters. The maximum Gasteiger partial charge on any atom is 0.472 e. The Morgan fingerprint density at radius 1 is 0.531 bits per heavy atom. The highest BCUT2D eigenvalue weighted by Crippen LogP contribution is 2.47. The first-order valence-corrected chi connectivity index (χ1v) is 25.9. The minimum atomic E-state index is -5.14. The molecule has 14 nitrogen and oxygen atoms in total. The number of phosphoric ester groups is 1. The lowest BCUT2D eigenvalue weighted by atomic mass is 9.85. The normalized spacial score (nSPS) is 21.9. The molecule has 0 bridgehead atoms. The summed E-state index contributed by atoms with van der Waals surface area (Å²) < 4.78 is 33.5. The Bertz CT molecular complexity index is 1370. The summed E-state index contributed by atoms with van der Waals surface area (Å²) in [4.78, 5) is 47.5. The second-order valence-corrected chi connectivity index (χ2v) is 18.4. The third-order valence-electron chi connectivity index (χ3n) is 11.1.